The second-order valence-corrected chi connectivity index (χ2v) is 3.92. The van der Waals surface area contributed by atoms with Gasteiger partial charge in [0, 0.05) is 12.2 Å². The van der Waals surface area contributed by atoms with Gasteiger partial charge in [0.25, 0.3) is 0 Å². The topological polar surface area (TPSA) is 74.3 Å². The van der Waals surface area contributed by atoms with Gasteiger partial charge in [0.2, 0.25) is 0 Å². The van der Waals surface area contributed by atoms with Crippen LogP contribution in [0.1, 0.15) is 35.9 Å². The number of hydrogen-bond acceptors (Lipinski definition) is 4. The first-order chi connectivity index (χ1) is 8.17. The summed E-state index contributed by atoms with van der Waals surface area (Å²) in [6, 6.07) is 3.54. The molecule has 3 N–H and O–H groups in total. The van der Waals surface area contributed by atoms with Crippen LogP contribution in [0, 0.1) is 0 Å². The molecule has 1 unspecified atom stereocenters. The van der Waals surface area contributed by atoms with Crippen molar-refractivity contribution in [1.29, 1.82) is 0 Å². The van der Waals surface area contributed by atoms with E-state index in [1.54, 1.807) is 6.07 Å². The van der Waals surface area contributed by atoms with Crippen LogP contribution in [0.2, 0.25) is 0 Å². The summed E-state index contributed by atoms with van der Waals surface area (Å²) in [4.78, 5) is 14.1. The summed E-state index contributed by atoms with van der Waals surface area (Å²) >= 11 is 0. The van der Waals surface area contributed by atoms with Crippen molar-refractivity contribution in [2.75, 3.05) is 13.7 Å². The highest BCUT2D eigenvalue weighted by molar-refractivity contribution is 5.87. The molecule has 5 heteroatoms. The monoisotopic (exact) mass is 240 g/mol. The summed E-state index contributed by atoms with van der Waals surface area (Å²) < 4.78 is 4.60. The Hall–Kier alpha value is -1.33. The average Bonchev–Trinajstić information content (AvgIpc) is 2.82. The molecule has 0 aromatic carbocycles. The number of aliphatic hydroxyl groups excluding tert-OH is 1. The zero-order valence-corrected chi connectivity index (χ0v) is 10.3. The van der Waals surface area contributed by atoms with Gasteiger partial charge in [0.1, 0.15) is 5.69 Å². The number of H-pyrrole nitrogens is 1. The third-order valence-electron chi connectivity index (χ3n) is 2.59. The minimum absolute atomic E-state index is 0.239. The van der Waals surface area contributed by atoms with E-state index in [9.17, 15) is 9.90 Å². The Kier molecular flexibility index (Phi) is 5.72. The largest absolute Gasteiger partial charge is 0.464 e. The molecule has 0 bridgehead atoms. The van der Waals surface area contributed by atoms with Crippen molar-refractivity contribution in [3.63, 3.8) is 0 Å². The van der Waals surface area contributed by atoms with Gasteiger partial charge in [-0.25, -0.2) is 4.79 Å². The minimum Gasteiger partial charge on any atom is -0.464 e. The maximum atomic E-state index is 11.2. The number of esters is 1. The van der Waals surface area contributed by atoms with E-state index in [4.69, 9.17) is 0 Å². The van der Waals surface area contributed by atoms with Gasteiger partial charge in [0.15, 0.2) is 0 Å². The first-order valence-corrected chi connectivity index (χ1v) is 5.82. The molecule has 0 aliphatic carbocycles. The zero-order chi connectivity index (χ0) is 12.7. The molecule has 0 amide bonds. The second-order valence-electron chi connectivity index (χ2n) is 3.92. The van der Waals surface area contributed by atoms with E-state index in [0.717, 1.165) is 25.1 Å². The molecular weight excluding hydrogens is 220 g/mol. The van der Waals surface area contributed by atoms with Crippen LogP contribution in [0.25, 0.3) is 0 Å². The van der Waals surface area contributed by atoms with Gasteiger partial charge < -0.3 is 20.1 Å². The molecule has 0 fully saturated rings. The van der Waals surface area contributed by atoms with Crippen LogP contribution in [-0.2, 0) is 11.3 Å². The second kappa shape index (κ2) is 7.09. The standard InChI is InChI=1S/C12H20N2O3/c1-3-10(15)6-7-13-8-9-4-5-11(14-9)12(16)17-2/h4-5,10,13-15H,3,6-8H2,1-2H3. The molecule has 0 spiro atoms. The number of carbonyl (C=O) groups is 1. The first kappa shape index (κ1) is 13.7. The van der Waals surface area contributed by atoms with E-state index >= 15 is 0 Å². The lowest BCUT2D eigenvalue weighted by atomic mass is 10.2. The Bertz CT molecular complexity index is 349. The van der Waals surface area contributed by atoms with Gasteiger partial charge in [-0.15, -0.1) is 0 Å². The lowest BCUT2D eigenvalue weighted by Crippen LogP contribution is -2.20. The fourth-order valence-corrected chi connectivity index (χ4v) is 1.47. The van der Waals surface area contributed by atoms with Crippen molar-refractivity contribution in [3.8, 4) is 0 Å². The molecule has 0 saturated carbocycles. The van der Waals surface area contributed by atoms with E-state index < -0.39 is 0 Å². The molecular formula is C12H20N2O3. The van der Waals surface area contributed by atoms with Gasteiger partial charge in [-0.05, 0) is 31.5 Å². The number of aromatic amines is 1. The fraction of sp³-hybridized carbons (Fsp3) is 0.583. The molecule has 1 heterocycles. The summed E-state index contributed by atoms with van der Waals surface area (Å²) in [5.41, 5.74) is 1.38. The highest BCUT2D eigenvalue weighted by Crippen LogP contribution is 2.03. The predicted molar refractivity (Wildman–Crippen MR) is 64.8 cm³/mol. The molecule has 0 aliphatic heterocycles. The van der Waals surface area contributed by atoms with E-state index in [1.807, 2.05) is 13.0 Å². The molecule has 96 valence electrons. The molecule has 1 rings (SSSR count). The summed E-state index contributed by atoms with van der Waals surface area (Å²) in [7, 11) is 1.35. The molecule has 1 atom stereocenters. The smallest absolute Gasteiger partial charge is 0.354 e. The van der Waals surface area contributed by atoms with E-state index in [2.05, 4.69) is 15.0 Å². The van der Waals surface area contributed by atoms with Gasteiger partial charge in [-0.2, -0.15) is 0 Å². The molecule has 1 aromatic heterocycles. The van der Waals surface area contributed by atoms with Crippen LogP contribution in [0.5, 0.6) is 0 Å². The zero-order valence-electron chi connectivity index (χ0n) is 10.3. The predicted octanol–water partition coefficient (Wildman–Crippen LogP) is 1.05. The molecule has 5 nitrogen and oxygen atoms in total. The lowest BCUT2D eigenvalue weighted by Gasteiger charge is -2.07. The quantitative estimate of drug-likeness (QED) is 0.492. The number of methoxy groups -OCH3 is 1. The van der Waals surface area contributed by atoms with Crippen LogP contribution in [0.4, 0.5) is 0 Å². The molecule has 0 radical (unpaired) electrons. The Morgan fingerprint density at radius 1 is 1.59 bits per heavy atom. The van der Waals surface area contributed by atoms with Crippen LogP contribution in [-0.4, -0.2) is 35.8 Å². The number of carbonyl (C=O) groups excluding carboxylic acids is 1. The number of nitrogens with one attached hydrogen (secondary N) is 2. The summed E-state index contributed by atoms with van der Waals surface area (Å²) in [5.74, 6) is -0.363. The van der Waals surface area contributed by atoms with Crippen molar-refractivity contribution < 1.29 is 14.6 Å². The van der Waals surface area contributed by atoms with Crippen molar-refractivity contribution >= 4 is 5.97 Å². The van der Waals surface area contributed by atoms with Gasteiger partial charge in [-0.1, -0.05) is 6.92 Å². The molecule has 0 saturated heterocycles. The Balaban J connectivity index is 2.28. The number of aliphatic hydroxyl groups is 1. The number of hydrogen-bond donors (Lipinski definition) is 3. The Labute approximate surface area is 101 Å². The number of ether oxygens (including phenoxy) is 1. The summed E-state index contributed by atoms with van der Waals surface area (Å²) in [6.07, 6.45) is 1.27. The SMILES string of the molecule is CCC(O)CCNCc1ccc(C(=O)OC)[nH]1. The van der Waals surface area contributed by atoms with Gasteiger partial charge in [-0.3, -0.25) is 0 Å². The first-order valence-electron chi connectivity index (χ1n) is 5.82. The van der Waals surface area contributed by atoms with E-state index in [0.29, 0.717) is 12.2 Å². The van der Waals surface area contributed by atoms with Crippen molar-refractivity contribution in [1.82, 2.24) is 10.3 Å². The van der Waals surface area contributed by atoms with Crippen LogP contribution in [0.3, 0.4) is 0 Å². The van der Waals surface area contributed by atoms with E-state index in [-0.39, 0.29) is 12.1 Å². The summed E-state index contributed by atoms with van der Waals surface area (Å²) in [6.45, 7) is 3.35. The Morgan fingerprint density at radius 3 is 3.00 bits per heavy atom. The van der Waals surface area contributed by atoms with Crippen molar-refractivity contribution in [3.05, 3.63) is 23.5 Å². The third-order valence-corrected chi connectivity index (χ3v) is 2.59. The van der Waals surface area contributed by atoms with Gasteiger partial charge in [0.05, 0.1) is 13.2 Å². The number of aromatic nitrogens is 1. The summed E-state index contributed by atoms with van der Waals surface area (Å²) in [5, 5.41) is 12.5. The average molecular weight is 240 g/mol. The normalized spacial score (nSPS) is 12.4. The molecule has 17 heavy (non-hydrogen) atoms. The molecule has 1 aromatic rings. The van der Waals surface area contributed by atoms with Gasteiger partial charge >= 0.3 is 5.97 Å². The highest BCUT2D eigenvalue weighted by atomic mass is 16.5. The van der Waals surface area contributed by atoms with Crippen molar-refractivity contribution in [2.24, 2.45) is 0 Å². The number of rotatable bonds is 7. The highest BCUT2D eigenvalue weighted by Gasteiger charge is 2.07. The molecule has 0 aliphatic rings. The van der Waals surface area contributed by atoms with Crippen molar-refractivity contribution in [2.45, 2.75) is 32.4 Å². The fourth-order valence-electron chi connectivity index (χ4n) is 1.47. The maximum Gasteiger partial charge on any atom is 0.354 e. The van der Waals surface area contributed by atoms with Crippen LogP contribution >= 0.6 is 0 Å². The van der Waals surface area contributed by atoms with E-state index in [1.165, 1.54) is 7.11 Å². The third kappa shape index (κ3) is 4.58. The lowest BCUT2D eigenvalue weighted by molar-refractivity contribution is 0.0594. The minimum atomic E-state index is -0.363. The van der Waals surface area contributed by atoms with Crippen LogP contribution < -0.4 is 5.32 Å². The van der Waals surface area contributed by atoms with Crippen LogP contribution in [0.15, 0.2) is 12.1 Å². The Morgan fingerprint density at radius 2 is 2.35 bits per heavy atom. The maximum absolute atomic E-state index is 11.2.